The van der Waals surface area contributed by atoms with E-state index in [2.05, 4.69) is 27.7 Å². The Bertz CT molecular complexity index is 1050. The lowest BCUT2D eigenvalue weighted by atomic mass is 9.92. The highest BCUT2D eigenvalue weighted by atomic mass is 16.3. The number of anilines is 1. The van der Waals surface area contributed by atoms with Gasteiger partial charge in [0.05, 0.1) is 11.0 Å². The summed E-state index contributed by atoms with van der Waals surface area (Å²) < 4.78 is 2.34. The Morgan fingerprint density at radius 2 is 1.78 bits per heavy atom. The van der Waals surface area contributed by atoms with E-state index in [1.54, 1.807) is 0 Å². The van der Waals surface area contributed by atoms with Crippen LogP contribution in [-0.2, 0) is 0 Å². The van der Waals surface area contributed by atoms with Gasteiger partial charge < -0.3 is 19.7 Å². The number of nitrogens with zero attached hydrogens (tertiary/aromatic N) is 3. The van der Waals surface area contributed by atoms with Gasteiger partial charge in [-0.1, -0.05) is 0 Å². The fourth-order valence-corrected chi connectivity index (χ4v) is 4.18. The molecule has 0 atom stereocenters. The second kappa shape index (κ2) is 5.91. The lowest BCUT2D eigenvalue weighted by Crippen LogP contribution is -2.36. The largest absolute Gasteiger partial charge is 0.504 e. The van der Waals surface area contributed by atoms with Crippen LogP contribution in [0.1, 0.15) is 42.9 Å². The van der Waals surface area contributed by atoms with Gasteiger partial charge in [-0.2, -0.15) is 0 Å². The van der Waals surface area contributed by atoms with Crippen LogP contribution in [0.5, 0.6) is 11.5 Å². The number of hydrogen-bond acceptors (Lipinski definition) is 4. The van der Waals surface area contributed by atoms with Crippen LogP contribution >= 0.6 is 0 Å². The molecule has 2 heterocycles. The predicted molar refractivity (Wildman–Crippen MR) is 108 cm³/mol. The maximum atomic E-state index is 10.4. The summed E-state index contributed by atoms with van der Waals surface area (Å²) in [5.41, 5.74) is 5.64. The highest BCUT2D eigenvalue weighted by molar-refractivity contribution is 5.85. The van der Waals surface area contributed by atoms with Crippen LogP contribution in [0, 0.1) is 13.8 Å². The zero-order valence-electron chi connectivity index (χ0n) is 15.9. The van der Waals surface area contributed by atoms with Crippen LogP contribution in [0.4, 0.5) is 5.69 Å². The van der Waals surface area contributed by atoms with Gasteiger partial charge in [0, 0.05) is 35.9 Å². The van der Waals surface area contributed by atoms with Crippen molar-refractivity contribution in [3.05, 3.63) is 35.4 Å². The SMILES string of the molecule is Cc1cc(-c2nc3cc(N4CCC4)ccc3n2C2CCC2)c(C)c(O)c1O. The topological polar surface area (TPSA) is 61.5 Å². The maximum Gasteiger partial charge on any atom is 0.161 e. The van der Waals surface area contributed by atoms with Crippen molar-refractivity contribution >= 4 is 16.7 Å². The first-order chi connectivity index (χ1) is 13.0. The highest BCUT2D eigenvalue weighted by Crippen LogP contribution is 2.43. The molecular formula is C22H25N3O2. The molecule has 5 heteroatoms. The highest BCUT2D eigenvalue weighted by Gasteiger charge is 2.27. The van der Waals surface area contributed by atoms with Crippen molar-refractivity contribution in [2.24, 2.45) is 0 Å². The second-order valence-electron chi connectivity index (χ2n) is 7.97. The molecule has 140 valence electrons. The lowest BCUT2D eigenvalue weighted by Gasteiger charge is -2.33. The molecule has 5 rings (SSSR count). The van der Waals surface area contributed by atoms with E-state index in [1.165, 1.54) is 18.5 Å². The van der Waals surface area contributed by atoms with E-state index in [4.69, 9.17) is 4.98 Å². The second-order valence-corrected chi connectivity index (χ2v) is 7.97. The molecule has 5 nitrogen and oxygen atoms in total. The molecule has 2 N–H and O–H groups in total. The van der Waals surface area contributed by atoms with Crippen LogP contribution < -0.4 is 4.90 Å². The first-order valence-corrected chi connectivity index (χ1v) is 9.84. The van der Waals surface area contributed by atoms with E-state index >= 15 is 0 Å². The van der Waals surface area contributed by atoms with Crippen molar-refractivity contribution in [1.29, 1.82) is 0 Å². The van der Waals surface area contributed by atoms with Crippen LogP contribution in [0.25, 0.3) is 22.4 Å². The number of aryl methyl sites for hydroxylation is 1. The van der Waals surface area contributed by atoms with Gasteiger partial charge in [-0.3, -0.25) is 0 Å². The van der Waals surface area contributed by atoms with Crippen molar-refractivity contribution in [2.75, 3.05) is 18.0 Å². The van der Waals surface area contributed by atoms with E-state index in [-0.39, 0.29) is 11.5 Å². The van der Waals surface area contributed by atoms with Gasteiger partial charge in [0.25, 0.3) is 0 Å². The van der Waals surface area contributed by atoms with Crippen molar-refractivity contribution < 1.29 is 10.2 Å². The molecule has 0 radical (unpaired) electrons. The van der Waals surface area contributed by atoms with E-state index in [0.717, 1.165) is 48.4 Å². The Morgan fingerprint density at radius 3 is 2.41 bits per heavy atom. The maximum absolute atomic E-state index is 10.4. The van der Waals surface area contributed by atoms with E-state index in [9.17, 15) is 10.2 Å². The molecule has 2 aromatic carbocycles. The standard InChI is InChI=1S/C22H25N3O2/c1-13-11-17(14(2)21(27)20(13)26)22-23-18-12-16(24-9-4-10-24)7-8-19(18)25(22)15-5-3-6-15/h7-8,11-12,15,26-27H,3-6,9-10H2,1-2H3. The number of rotatable bonds is 3. The van der Waals surface area contributed by atoms with Crippen molar-refractivity contribution in [3.63, 3.8) is 0 Å². The van der Waals surface area contributed by atoms with Crippen LogP contribution in [0.2, 0.25) is 0 Å². The Morgan fingerprint density at radius 1 is 1.00 bits per heavy atom. The number of hydrogen-bond donors (Lipinski definition) is 2. The Labute approximate surface area is 158 Å². The fourth-order valence-electron chi connectivity index (χ4n) is 4.18. The molecule has 1 aliphatic heterocycles. The minimum absolute atomic E-state index is 0.0392. The number of phenols is 2. The summed E-state index contributed by atoms with van der Waals surface area (Å²) in [5.74, 6) is 0.812. The lowest BCUT2D eigenvalue weighted by molar-refractivity contribution is 0.323. The number of imidazole rings is 1. The summed E-state index contributed by atoms with van der Waals surface area (Å²) in [4.78, 5) is 7.38. The van der Waals surface area contributed by atoms with Crippen molar-refractivity contribution in [2.45, 2.75) is 45.6 Å². The number of aromatic hydroxyl groups is 2. The number of benzene rings is 2. The third-order valence-corrected chi connectivity index (χ3v) is 6.29. The number of aromatic nitrogens is 2. The molecule has 0 amide bonds. The molecular weight excluding hydrogens is 338 g/mol. The first kappa shape index (κ1) is 16.5. The van der Waals surface area contributed by atoms with Gasteiger partial charge in [-0.25, -0.2) is 4.98 Å². The molecule has 1 aromatic heterocycles. The van der Waals surface area contributed by atoms with Crippen molar-refractivity contribution in [1.82, 2.24) is 9.55 Å². The molecule has 1 aliphatic carbocycles. The minimum atomic E-state index is -0.0431. The fraction of sp³-hybridized carbons (Fsp3) is 0.409. The molecule has 2 aliphatic rings. The van der Waals surface area contributed by atoms with Crippen LogP contribution in [0.15, 0.2) is 24.3 Å². The van der Waals surface area contributed by atoms with Gasteiger partial charge in [0.15, 0.2) is 11.5 Å². The monoisotopic (exact) mass is 363 g/mol. The van der Waals surface area contributed by atoms with E-state index in [0.29, 0.717) is 17.2 Å². The zero-order chi connectivity index (χ0) is 18.7. The molecule has 1 saturated heterocycles. The predicted octanol–water partition coefficient (Wildman–Crippen LogP) is 4.67. The summed E-state index contributed by atoms with van der Waals surface area (Å²) in [6, 6.07) is 8.98. The van der Waals surface area contributed by atoms with Crippen molar-refractivity contribution in [3.8, 4) is 22.9 Å². The van der Waals surface area contributed by atoms with Crippen LogP contribution in [-0.4, -0.2) is 32.9 Å². The van der Waals surface area contributed by atoms with Gasteiger partial charge in [0.2, 0.25) is 0 Å². The average Bonchev–Trinajstić information content (AvgIpc) is 2.92. The molecule has 0 bridgehead atoms. The quantitative estimate of drug-likeness (QED) is 0.664. The molecule has 0 unspecified atom stereocenters. The Balaban J connectivity index is 1.73. The Hall–Kier alpha value is -2.69. The zero-order valence-corrected chi connectivity index (χ0v) is 15.9. The summed E-state index contributed by atoms with van der Waals surface area (Å²) in [6.45, 7) is 5.90. The van der Waals surface area contributed by atoms with Crippen LogP contribution in [0.3, 0.4) is 0 Å². The molecule has 3 aromatic rings. The summed E-state index contributed by atoms with van der Waals surface area (Å²) in [5, 5.41) is 20.4. The molecule has 2 fully saturated rings. The average molecular weight is 363 g/mol. The normalized spacial score (nSPS) is 17.2. The van der Waals surface area contributed by atoms with E-state index < -0.39 is 0 Å². The molecule has 0 spiro atoms. The summed E-state index contributed by atoms with van der Waals surface area (Å²) in [6.07, 6.45) is 4.82. The smallest absolute Gasteiger partial charge is 0.161 e. The molecule has 1 saturated carbocycles. The van der Waals surface area contributed by atoms with Gasteiger partial charge in [-0.15, -0.1) is 0 Å². The van der Waals surface area contributed by atoms with Gasteiger partial charge in [-0.05, 0) is 69.4 Å². The van der Waals surface area contributed by atoms with Gasteiger partial charge in [0.1, 0.15) is 5.82 Å². The summed E-state index contributed by atoms with van der Waals surface area (Å²) in [7, 11) is 0. The third kappa shape index (κ3) is 2.41. The molecule has 27 heavy (non-hydrogen) atoms. The third-order valence-electron chi connectivity index (χ3n) is 6.29. The number of phenolic OH excluding ortho intramolecular Hbond substituents is 2. The number of fused-ring (bicyclic) bond motifs is 1. The minimum Gasteiger partial charge on any atom is -0.504 e. The summed E-state index contributed by atoms with van der Waals surface area (Å²) >= 11 is 0. The Kier molecular flexibility index (Phi) is 3.61. The van der Waals surface area contributed by atoms with Gasteiger partial charge >= 0.3 is 0 Å². The van der Waals surface area contributed by atoms with E-state index in [1.807, 2.05) is 19.9 Å². The first-order valence-electron chi connectivity index (χ1n) is 9.84.